The van der Waals surface area contributed by atoms with Gasteiger partial charge in [0.1, 0.15) is 0 Å². The first-order valence-electron chi connectivity index (χ1n) is 3.85. The van der Waals surface area contributed by atoms with E-state index in [9.17, 15) is 13.2 Å². The van der Waals surface area contributed by atoms with Crippen molar-refractivity contribution >= 4 is 5.88 Å². The summed E-state index contributed by atoms with van der Waals surface area (Å²) in [6, 6.07) is 1.39. The molecule has 6 heteroatoms. The Morgan fingerprint density at radius 2 is 2.21 bits per heavy atom. The van der Waals surface area contributed by atoms with E-state index in [2.05, 4.69) is 16.3 Å². The molecule has 0 aliphatic carbocycles. The highest BCUT2D eigenvalue weighted by Crippen LogP contribution is 2.27. The lowest BCUT2D eigenvalue weighted by Crippen LogP contribution is -2.11. The number of nitrogens with two attached hydrogens (primary N) is 1. The molecule has 0 aliphatic rings. The van der Waals surface area contributed by atoms with Crippen molar-refractivity contribution in [3.05, 3.63) is 23.9 Å². The second-order valence-electron chi connectivity index (χ2n) is 2.82. The van der Waals surface area contributed by atoms with E-state index in [1.807, 2.05) is 0 Å². The van der Waals surface area contributed by atoms with Gasteiger partial charge in [0.2, 0.25) is 5.88 Å². The minimum absolute atomic E-state index is 0.0950. The molecule has 0 bridgehead atoms. The van der Waals surface area contributed by atoms with E-state index in [1.165, 1.54) is 6.07 Å². The van der Waals surface area contributed by atoms with Gasteiger partial charge in [-0.05, 0) is 12.8 Å². The molecule has 0 fully saturated rings. The normalized spacial score (nSPS) is 11.6. The van der Waals surface area contributed by atoms with Gasteiger partial charge < -0.3 is 10.3 Å². The molecule has 0 unspecified atom stereocenters. The highest BCUT2D eigenvalue weighted by molar-refractivity contribution is 5.24. The fourth-order valence-electron chi connectivity index (χ4n) is 0.867. The topological polar surface area (TPSA) is 52.0 Å². The summed E-state index contributed by atoms with van der Waals surface area (Å²) in [6.07, 6.45) is -4.41. The van der Waals surface area contributed by atoms with Gasteiger partial charge in [0.05, 0.1) is 5.69 Å². The van der Waals surface area contributed by atoms with Crippen LogP contribution in [0.3, 0.4) is 0 Å². The number of hydrogen-bond donors (Lipinski definition) is 1. The maximum absolute atomic E-state index is 12.0. The SMILES string of the molecule is C=C(CCc1cc(N)on1)C(F)(F)F. The first kappa shape index (κ1) is 10.6. The number of hydrogen-bond acceptors (Lipinski definition) is 3. The number of nitrogens with zero attached hydrogens (tertiary/aromatic N) is 1. The number of rotatable bonds is 3. The fraction of sp³-hybridized carbons (Fsp3) is 0.375. The highest BCUT2D eigenvalue weighted by atomic mass is 19.4. The van der Waals surface area contributed by atoms with Crippen LogP contribution < -0.4 is 5.73 Å². The van der Waals surface area contributed by atoms with Crippen LogP contribution >= 0.6 is 0 Å². The minimum atomic E-state index is -4.34. The molecule has 14 heavy (non-hydrogen) atoms. The molecule has 0 atom stereocenters. The zero-order valence-corrected chi connectivity index (χ0v) is 7.27. The molecule has 0 saturated carbocycles. The van der Waals surface area contributed by atoms with Crippen molar-refractivity contribution in [2.24, 2.45) is 0 Å². The predicted octanol–water partition coefficient (Wildman–Crippen LogP) is 2.31. The maximum atomic E-state index is 12.0. The summed E-state index contributed by atoms with van der Waals surface area (Å²) >= 11 is 0. The van der Waals surface area contributed by atoms with Crippen LogP contribution in [0.25, 0.3) is 0 Å². The van der Waals surface area contributed by atoms with E-state index in [1.54, 1.807) is 0 Å². The molecule has 0 spiro atoms. The van der Waals surface area contributed by atoms with Crippen LogP contribution in [0.2, 0.25) is 0 Å². The minimum Gasteiger partial charge on any atom is -0.368 e. The standard InChI is InChI=1S/C8H9F3N2O/c1-5(8(9,10)11)2-3-6-4-7(12)14-13-6/h4H,1-3,12H2. The summed E-state index contributed by atoms with van der Waals surface area (Å²) in [5, 5.41) is 3.46. The third-order valence-electron chi connectivity index (χ3n) is 1.66. The van der Waals surface area contributed by atoms with Crippen LogP contribution in [0.1, 0.15) is 12.1 Å². The fourth-order valence-corrected chi connectivity index (χ4v) is 0.867. The maximum Gasteiger partial charge on any atom is 0.412 e. The molecule has 0 radical (unpaired) electrons. The van der Waals surface area contributed by atoms with Gasteiger partial charge in [-0.1, -0.05) is 11.7 Å². The van der Waals surface area contributed by atoms with Crippen molar-refractivity contribution in [2.75, 3.05) is 5.73 Å². The molecular formula is C8H9F3N2O. The molecule has 1 rings (SSSR count). The zero-order chi connectivity index (χ0) is 10.8. The molecule has 78 valence electrons. The van der Waals surface area contributed by atoms with Gasteiger partial charge in [-0.2, -0.15) is 13.2 Å². The molecule has 1 aromatic heterocycles. The number of alkyl halides is 3. The van der Waals surface area contributed by atoms with Crippen molar-refractivity contribution in [3.8, 4) is 0 Å². The van der Waals surface area contributed by atoms with Crippen LogP contribution in [-0.4, -0.2) is 11.3 Å². The van der Waals surface area contributed by atoms with E-state index >= 15 is 0 Å². The number of allylic oxidation sites excluding steroid dienone is 1. The Morgan fingerprint density at radius 1 is 1.57 bits per heavy atom. The highest BCUT2D eigenvalue weighted by Gasteiger charge is 2.31. The monoisotopic (exact) mass is 206 g/mol. The van der Waals surface area contributed by atoms with E-state index in [-0.39, 0.29) is 18.7 Å². The van der Waals surface area contributed by atoms with Gasteiger partial charge in [-0.3, -0.25) is 0 Å². The van der Waals surface area contributed by atoms with Crippen molar-refractivity contribution < 1.29 is 17.7 Å². The summed E-state index contributed by atoms with van der Waals surface area (Å²) in [7, 11) is 0. The van der Waals surface area contributed by atoms with Crippen molar-refractivity contribution in [3.63, 3.8) is 0 Å². The Kier molecular flexibility index (Phi) is 2.83. The first-order valence-corrected chi connectivity index (χ1v) is 3.85. The van der Waals surface area contributed by atoms with Gasteiger partial charge in [0.25, 0.3) is 0 Å². The lowest BCUT2D eigenvalue weighted by Gasteiger charge is -2.07. The van der Waals surface area contributed by atoms with Crippen LogP contribution in [0.5, 0.6) is 0 Å². The van der Waals surface area contributed by atoms with Gasteiger partial charge in [-0.25, -0.2) is 0 Å². The predicted molar refractivity (Wildman–Crippen MR) is 44.4 cm³/mol. The van der Waals surface area contributed by atoms with Gasteiger partial charge in [-0.15, -0.1) is 0 Å². The number of anilines is 1. The summed E-state index contributed by atoms with van der Waals surface area (Å²) in [5.74, 6) is 0.0950. The van der Waals surface area contributed by atoms with Crippen molar-refractivity contribution in [2.45, 2.75) is 19.0 Å². The van der Waals surface area contributed by atoms with E-state index in [4.69, 9.17) is 5.73 Å². The Bertz CT molecular complexity index is 330. The molecule has 0 amide bonds. The molecular weight excluding hydrogens is 197 g/mol. The van der Waals surface area contributed by atoms with Crippen molar-refractivity contribution in [1.29, 1.82) is 0 Å². The molecule has 0 aliphatic heterocycles. The molecule has 0 saturated heterocycles. The Labute approximate surface area is 78.4 Å². The van der Waals surface area contributed by atoms with Gasteiger partial charge in [0.15, 0.2) is 0 Å². The van der Waals surface area contributed by atoms with E-state index in [0.29, 0.717) is 5.69 Å². The van der Waals surface area contributed by atoms with Gasteiger partial charge >= 0.3 is 6.18 Å². The summed E-state index contributed by atoms with van der Waals surface area (Å²) in [5.41, 5.74) is 4.81. The first-order chi connectivity index (χ1) is 6.39. The van der Waals surface area contributed by atoms with E-state index in [0.717, 1.165) is 0 Å². The number of aromatic nitrogens is 1. The summed E-state index contributed by atoms with van der Waals surface area (Å²) < 4.78 is 40.5. The quantitative estimate of drug-likeness (QED) is 0.772. The van der Waals surface area contributed by atoms with Crippen LogP contribution in [0.15, 0.2) is 22.7 Å². The number of halogens is 3. The third kappa shape index (κ3) is 2.79. The van der Waals surface area contributed by atoms with Crippen molar-refractivity contribution in [1.82, 2.24) is 5.16 Å². The van der Waals surface area contributed by atoms with Crippen LogP contribution in [-0.2, 0) is 6.42 Å². The average molecular weight is 206 g/mol. The second-order valence-corrected chi connectivity index (χ2v) is 2.82. The molecule has 1 aromatic rings. The molecule has 2 N–H and O–H groups in total. The lowest BCUT2D eigenvalue weighted by molar-refractivity contribution is -0.0935. The Hall–Kier alpha value is -1.46. The lowest BCUT2D eigenvalue weighted by atomic mass is 10.1. The molecule has 0 aromatic carbocycles. The summed E-state index contributed by atoms with van der Waals surface area (Å²) in [6.45, 7) is 2.93. The smallest absolute Gasteiger partial charge is 0.368 e. The molecule has 1 heterocycles. The largest absolute Gasteiger partial charge is 0.412 e. The second kappa shape index (κ2) is 3.73. The zero-order valence-electron chi connectivity index (χ0n) is 7.27. The summed E-state index contributed by atoms with van der Waals surface area (Å²) in [4.78, 5) is 0. The Morgan fingerprint density at radius 3 is 2.64 bits per heavy atom. The third-order valence-corrected chi connectivity index (χ3v) is 1.66. The number of aryl methyl sites for hydroxylation is 1. The van der Waals surface area contributed by atoms with E-state index < -0.39 is 11.7 Å². The van der Waals surface area contributed by atoms with Gasteiger partial charge in [0, 0.05) is 11.6 Å². The van der Waals surface area contributed by atoms with Crippen LogP contribution in [0.4, 0.5) is 19.1 Å². The number of nitrogen functional groups attached to an aromatic ring is 1. The Balaban J connectivity index is 2.46. The molecule has 3 nitrogen and oxygen atoms in total. The average Bonchev–Trinajstić information content (AvgIpc) is 2.45. The van der Waals surface area contributed by atoms with Crippen LogP contribution in [0, 0.1) is 0 Å².